The fourth-order valence-electron chi connectivity index (χ4n) is 4.66. The summed E-state index contributed by atoms with van der Waals surface area (Å²) in [6, 6.07) is 0. The van der Waals surface area contributed by atoms with Crippen LogP contribution in [0.25, 0.3) is 0 Å². The summed E-state index contributed by atoms with van der Waals surface area (Å²) in [6.45, 7) is 3.29. The molecule has 1 heterocycles. The second kappa shape index (κ2) is 23.3. The Labute approximate surface area is 240 Å². The molecule has 0 radical (unpaired) electrons. The number of carbonyl (C=O) groups excluding carboxylic acids is 2. The van der Waals surface area contributed by atoms with Crippen LogP contribution in [-0.2, 0) is 28.5 Å². The maximum Gasteiger partial charge on any atom is 0.306 e. The quantitative estimate of drug-likeness (QED) is 0.0982. The van der Waals surface area contributed by atoms with Crippen molar-refractivity contribution in [2.24, 2.45) is 0 Å². The largest absolute Gasteiger partial charge is 0.462 e. The zero-order valence-corrected chi connectivity index (χ0v) is 24.8. The molecule has 6 atom stereocenters. The van der Waals surface area contributed by atoms with Crippen molar-refractivity contribution in [3.8, 4) is 0 Å². The van der Waals surface area contributed by atoms with Gasteiger partial charge in [0.2, 0.25) is 0 Å². The van der Waals surface area contributed by atoms with Gasteiger partial charge in [0.25, 0.3) is 0 Å². The number of aliphatic hydroxyl groups excluding tert-OH is 4. The normalized spacial score (nSPS) is 23.6. The third kappa shape index (κ3) is 16.2. The van der Waals surface area contributed by atoms with Gasteiger partial charge in [0.1, 0.15) is 31.0 Å². The van der Waals surface area contributed by atoms with Gasteiger partial charge in [0.15, 0.2) is 12.4 Å². The number of ether oxygens (including phenoxy) is 4. The zero-order valence-electron chi connectivity index (χ0n) is 24.8. The highest BCUT2D eigenvalue weighted by molar-refractivity contribution is 5.70. The second-order valence-corrected chi connectivity index (χ2v) is 10.9. The molecule has 40 heavy (non-hydrogen) atoms. The summed E-state index contributed by atoms with van der Waals surface area (Å²) >= 11 is 0. The number of aliphatic hydroxyl groups is 4. The Morgan fingerprint density at radius 2 is 1.18 bits per heavy atom. The molecule has 236 valence electrons. The highest BCUT2D eigenvalue weighted by atomic mass is 16.7. The molecule has 0 aromatic heterocycles. The van der Waals surface area contributed by atoms with E-state index in [1.54, 1.807) is 0 Å². The third-order valence-electron chi connectivity index (χ3n) is 7.24. The SMILES string of the molecule is CCCCCCCCCCC(=O)OC[C@H](CO[C@@H]1O[C@H](CO)[C@H](O)[C@H](O)[C@H]1O)OC(=O)CCCCCCCCC. The third-order valence-corrected chi connectivity index (χ3v) is 7.24. The van der Waals surface area contributed by atoms with Crippen molar-refractivity contribution in [1.82, 2.24) is 0 Å². The van der Waals surface area contributed by atoms with Crippen LogP contribution in [-0.4, -0.2) is 89.0 Å². The standard InChI is InChI=1S/C30H56O10/c1-3-5-7-9-11-13-14-16-18-25(32)37-21-23(39-26(33)19-17-15-12-10-8-6-4-2)22-38-30-29(36)28(35)27(34)24(20-31)40-30/h23-24,27-31,34-36H,3-22H2,1-2H3/t23-,24-,27+,28+,29-,30-/m1/s1. The number of carbonyl (C=O) groups is 2. The van der Waals surface area contributed by atoms with Crippen LogP contribution in [0.15, 0.2) is 0 Å². The van der Waals surface area contributed by atoms with E-state index in [1.165, 1.54) is 51.4 Å². The molecule has 1 aliphatic heterocycles. The minimum Gasteiger partial charge on any atom is -0.462 e. The molecule has 1 saturated heterocycles. The van der Waals surface area contributed by atoms with E-state index in [1.807, 2.05) is 0 Å². The predicted molar refractivity (Wildman–Crippen MR) is 150 cm³/mol. The molecule has 0 aromatic carbocycles. The molecule has 4 N–H and O–H groups in total. The zero-order chi connectivity index (χ0) is 29.6. The van der Waals surface area contributed by atoms with Crippen molar-refractivity contribution >= 4 is 11.9 Å². The van der Waals surface area contributed by atoms with E-state index in [2.05, 4.69) is 13.8 Å². The van der Waals surface area contributed by atoms with Gasteiger partial charge in [-0.15, -0.1) is 0 Å². The Balaban J connectivity index is 2.50. The smallest absolute Gasteiger partial charge is 0.306 e. The van der Waals surface area contributed by atoms with Crippen molar-refractivity contribution in [3.63, 3.8) is 0 Å². The fraction of sp³-hybridized carbons (Fsp3) is 0.933. The van der Waals surface area contributed by atoms with Crippen LogP contribution in [0.1, 0.15) is 123 Å². The van der Waals surface area contributed by atoms with Crippen LogP contribution in [0.5, 0.6) is 0 Å². The number of rotatable bonds is 24. The second-order valence-electron chi connectivity index (χ2n) is 10.9. The van der Waals surface area contributed by atoms with Gasteiger partial charge >= 0.3 is 11.9 Å². The Hall–Kier alpha value is -1.30. The van der Waals surface area contributed by atoms with Gasteiger partial charge in [-0.3, -0.25) is 9.59 Å². The van der Waals surface area contributed by atoms with E-state index in [-0.39, 0.29) is 32.0 Å². The molecule has 1 fully saturated rings. The molecule has 0 bridgehead atoms. The lowest BCUT2D eigenvalue weighted by atomic mass is 9.99. The van der Waals surface area contributed by atoms with Crippen LogP contribution in [0.2, 0.25) is 0 Å². The number of hydrogen-bond donors (Lipinski definition) is 4. The molecule has 1 rings (SSSR count). The average molecular weight is 577 g/mol. The first-order valence-corrected chi connectivity index (χ1v) is 15.6. The lowest BCUT2D eigenvalue weighted by molar-refractivity contribution is -0.305. The molecule has 0 aromatic rings. The number of hydrogen-bond acceptors (Lipinski definition) is 10. The van der Waals surface area contributed by atoms with Crippen LogP contribution in [0, 0.1) is 0 Å². The molecule has 0 amide bonds. The summed E-state index contributed by atoms with van der Waals surface area (Å²) in [4.78, 5) is 24.8. The van der Waals surface area contributed by atoms with Gasteiger partial charge in [-0.1, -0.05) is 97.3 Å². The minimum atomic E-state index is -1.58. The number of esters is 2. The average Bonchev–Trinajstić information content (AvgIpc) is 2.95. The highest BCUT2D eigenvalue weighted by Gasteiger charge is 2.44. The van der Waals surface area contributed by atoms with E-state index < -0.39 is 49.4 Å². The van der Waals surface area contributed by atoms with Crippen molar-refractivity contribution in [2.45, 2.75) is 160 Å². The maximum atomic E-state index is 12.5. The number of unbranched alkanes of at least 4 members (excludes halogenated alkanes) is 13. The molecule has 10 heteroatoms. The van der Waals surface area contributed by atoms with E-state index in [0.717, 1.165) is 38.5 Å². The summed E-state index contributed by atoms with van der Waals surface area (Å²) in [7, 11) is 0. The van der Waals surface area contributed by atoms with Crippen molar-refractivity contribution in [3.05, 3.63) is 0 Å². The highest BCUT2D eigenvalue weighted by Crippen LogP contribution is 2.22. The van der Waals surface area contributed by atoms with Crippen LogP contribution < -0.4 is 0 Å². The first kappa shape index (κ1) is 36.7. The van der Waals surface area contributed by atoms with Gasteiger partial charge in [0, 0.05) is 12.8 Å². The Morgan fingerprint density at radius 3 is 1.70 bits per heavy atom. The van der Waals surface area contributed by atoms with Gasteiger partial charge in [-0.25, -0.2) is 0 Å². The van der Waals surface area contributed by atoms with Crippen LogP contribution in [0.4, 0.5) is 0 Å². The topological polar surface area (TPSA) is 152 Å². The van der Waals surface area contributed by atoms with Crippen molar-refractivity contribution in [1.29, 1.82) is 0 Å². The van der Waals surface area contributed by atoms with Crippen molar-refractivity contribution < 1.29 is 49.0 Å². The molecular formula is C30H56O10. The molecule has 0 unspecified atom stereocenters. The van der Waals surface area contributed by atoms with Crippen molar-refractivity contribution in [2.75, 3.05) is 19.8 Å². The maximum absolute atomic E-state index is 12.5. The summed E-state index contributed by atoms with van der Waals surface area (Å²) in [6.07, 6.45) is 8.75. The first-order valence-electron chi connectivity index (χ1n) is 15.6. The lowest BCUT2D eigenvalue weighted by Gasteiger charge is -2.39. The van der Waals surface area contributed by atoms with Gasteiger partial charge in [-0.05, 0) is 12.8 Å². The van der Waals surface area contributed by atoms with E-state index in [4.69, 9.17) is 18.9 Å². The monoisotopic (exact) mass is 576 g/mol. The van der Waals surface area contributed by atoms with E-state index in [9.17, 15) is 30.0 Å². The molecular weight excluding hydrogens is 520 g/mol. The summed E-state index contributed by atoms with van der Waals surface area (Å²) in [5.74, 6) is -0.818. The van der Waals surface area contributed by atoms with Crippen LogP contribution in [0.3, 0.4) is 0 Å². The van der Waals surface area contributed by atoms with Gasteiger partial charge in [-0.2, -0.15) is 0 Å². The Morgan fingerprint density at radius 1 is 0.675 bits per heavy atom. The lowest BCUT2D eigenvalue weighted by Crippen LogP contribution is -2.59. The summed E-state index contributed by atoms with van der Waals surface area (Å²) in [5, 5.41) is 39.5. The summed E-state index contributed by atoms with van der Waals surface area (Å²) < 4.78 is 21.8. The minimum absolute atomic E-state index is 0.212. The van der Waals surface area contributed by atoms with E-state index in [0.29, 0.717) is 6.42 Å². The fourth-order valence-corrected chi connectivity index (χ4v) is 4.66. The van der Waals surface area contributed by atoms with Gasteiger partial charge < -0.3 is 39.4 Å². The Bertz CT molecular complexity index is 644. The first-order chi connectivity index (χ1) is 19.3. The molecule has 0 aliphatic carbocycles. The Kier molecular flexibility index (Phi) is 21.4. The van der Waals surface area contributed by atoms with Crippen LogP contribution >= 0.6 is 0 Å². The molecule has 1 aliphatic rings. The molecule has 0 spiro atoms. The molecule has 0 saturated carbocycles. The summed E-state index contributed by atoms with van der Waals surface area (Å²) in [5.41, 5.74) is 0. The van der Waals surface area contributed by atoms with Gasteiger partial charge in [0.05, 0.1) is 13.2 Å². The molecule has 10 nitrogen and oxygen atoms in total. The predicted octanol–water partition coefficient (Wildman–Crippen LogP) is 3.93. The van der Waals surface area contributed by atoms with E-state index >= 15 is 0 Å².